The number of imide groups is 1. The summed E-state index contributed by atoms with van der Waals surface area (Å²) in [6.07, 6.45) is 2.18. The lowest BCUT2D eigenvalue weighted by atomic mass is 10.0. The topological polar surface area (TPSA) is 84.3 Å². The molecule has 0 spiro atoms. The number of nitrogens with one attached hydrogen (secondary N) is 1. The summed E-state index contributed by atoms with van der Waals surface area (Å²) in [5, 5.41) is 2.33. The van der Waals surface area contributed by atoms with Crippen LogP contribution in [0.4, 0.5) is 4.39 Å². The minimum Gasteiger partial charge on any atom is -0.333 e. The van der Waals surface area contributed by atoms with E-state index < -0.39 is 17.8 Å². The van der Waals surface area contributed by atoms with Crippen molar-refractivity contribution in [3.8, 4) is 22.5 Å². The number of hydrogen-bond donors (Lipinski definition) is 1. The first-order valence-corrected chi connectivity index (χ1v) is 10.5. The van der Waals surface area contributed by atoms with E-state index in [9.17, 15) is 18.8 Å². The number of aryl methyl sites for hydroxylation is 1. The normalized spacial score (nSPS) is 18.2. The molecule has 3 amide bonds. The fourth-order valence-corrected chi connectivity index (χ4v) is 4.53. The van der Waals surface area contributed by atoms with Gasteiger partial charge in [-0.05, 0) is 42.3 Å². The molecule has 5 rings (SSSR count). The van der Waals surface area contributed by atoms with E-state index in [1.165, 1.54) is 11.0 Å². The summed E-state index contributed by atoms with van der Waals surface area (Å²) in [7, 11) is 1.84. The number of piperidine rings is 1. The van der Waals surface area contributed by atoms with Gasteiger partial charge in [0.25, 0.3) is 5.91 Å². The molecule has 1 unspecified atom stereocenters. The Labute approximate surface area is 187 Å². The monoisotopic (exact) mass is 452 g/mol. The largest absolute Gasteiger partial charge is 0.333 e. The molecule has 1 saturated heterocycles. The molecule has 1 atom stereocenters. The number of carbonyl (C=O) groups is 3. The number of amides is 3. The van der Waals surface area contributed by atoms with Crippen molar-refractivity contribution in [2.75, 3.05) is 0 Å². The molecule has 0 bridgehead atoms. The van der Waals surface area contributed by atoms with Crippen LogP contribution in [0.1, 0.15) is 28.8 Å². The van der Waals surface area contributed by atoms with E-state index in [2.05, 4.69) is 10.3 Å². The number of fused-ring (bicyclic) bond motifs is 1. The minimum absolute atomic E-state index is 0.0223. The van der Waals surface area contributed by atoms with E-state index in [0.717, 1.165) is 16.8 Å². The molecule has 0 saturated carbocycles. The minimum atomic E-state index is -0.664. The van der Waals surface area contributed by atoms with Gasteiger partial charge in [-0.2, -0.15) is 0 Å². The Balaban J connectivity index is 1.50. The summed E-state index contributed by atoms with van der Waals surface area (Å²) in [5.74, 6) is -1.49. The van der Waals surface area contributed by atoms with Crippen LogP contribution in [0.3, 0.4) is 0 Å². The van der Waals surface area contributed by atoms with Crippen LogP contribution in [0, 0.1) is 5.82 Å². The number of aromatic nitrogens is 2. The van der Waals surface area contributed by atoms with Crippen molar-refractivity contribution >= 4 is 29.3 Å². The molecular formula is C23H18ClFN4O3. The molecule has 1 aromatic heterocycles. The highest BCUT2D eigenvalue weighted by Crippen LogP contribution is 2.36. The molecule has 2 aromatic carbocycles. The van der Waals surface area contributed by atoms with Gasteiger partial charge in [0, 0.05) is 36.7 Å². The van der Waals surface area contributed by atoms with E-state index in [4.69, 9.17) is 11.6 Å². The van der Waals surface area contributed by atoms with E-state index in [1.54, 1.807) is 24.5 Å². The first-order valence-electron chi connectivity index (χ1n) is 10.1. The maximum atomic E-state index is 13.7. The standard InChI is InChI=1S/C23H18ClFN4O3/c1-28-11-26-20(21(28)13-3-5-17(25)16(24)9-13)12-2-4-15-14(8-12)10-29(23(15)32)18-6-7-19(30)27-22(18)31/h2-5,8-9,11,18H,6-7,10H2,1H3,(H,27,30,31). The van der Waals surface area contributed by atoms with Crippen molar-refractivity contribution in [2.45, 2.75) is 25.4 Å². The Kier molecular flexibility index (Phi) is 4.82. The van der Waals surface area contributed by atoms with Crippen molar-refractivity contribution in [1.82, 2.24) is 19.8 Å². The molecule has 7 nitrogen and oxygen atoms in total. The average Bonchev–Trinajstić information content (AvgIpc) is 3.30. The molecular weight excluding hydrogens is 435 g/mol. The summed E-state index contributed by atoms with van der Waals surface area (Å²) in [6.45, 7) is 0.277. The van der Waals surface area contributed by atoms with Gasteiger partial charge in [0.2, 0.25) is 11.8 Å². The lowest BCUT2D eigenvalue weighted by molar-refractivity contribution is -0.136. The third kappa shape index (κ3) is 3.27. The first-order chi connectivity index (χ1) is 15.3. The predicted octanol–water partition coefficient (Wildman–Crippen LogP) is 3.31. The molecule has 3 aromatic rings. The van der Waals surface area contributed by atoms with Crippen molar-refractivity contribution in [3.05, 3.63) is 64.7 Å². The predicted molar refractivity (Wildman–Crippen MR) is 115 cm³/mol. The second kappa shape index (κ2) is 7.56. The zero-order valence-electron chi connectivity index (χ0n) is 17.1. The van der Waals surface area contributed by atoms with Gasteiger partial charge in [0.15, 0.2) is 0 Å². The zero-order chi connectivity index (χ0) is 22.6. The Morgan fingerprint density at radius 1 is 1.12 bits per heavy atom. The lowest BCUT2D eigenvalue weighted by Gasteiger charge is -2.29. The second-order valence-electron chi connectivity index (χ2n) is 7.95. The Morgan fingerprint density at radius 3 is 2.66 bits per heavy atom. The van der Waals surface area contributed by atoms with E-state index in [0.29, 0.717) is 23.2 Å². The SMILES string of the molecule is Cn1cnc(-c2ccc3c(c2)CN(C2CCC(=O)NC2=O)C3=O)c1-c1ccc(F)c(Cl)c1. The van der Waals surface area contributed by atoms with Crippen molar-refractivity contribution in [3.63, 3.8) is 0 Å². The third-order valence-electron chi connectivity index (χ3n) is 5.93. The maximum absolute atomic E-state index is 13.7. The highest BCUT2D eigenvalue weighted by atomic mass is 35.5. The quantitative estimate of drug-likeness (QED) is 0.618. The van der Waals surface area contributed by atoms with Crippen LogP contribution in [0.25, 0.3) is 22.5 Å². The molecule has 9 heteroatoms. The van der Waals surface area contributed by atoms with Gasteiger partial charge in [-0.1, -0.05) is 17.7 Å². The highest BCUT2D eigenvalue weighted by Gasteiger charge is 2.39. The van der Waals surface area contributed by atoms with E-state index in [1.807, 2.05) is 23.7 Å². The number of imidazole rings is 1. The average molecular weight is 453 g/mol. The Hall–Kier alpha value is -3.52. The van der Waals surface area contributed by atoms with Gasteiger partial charge < -0.3 is 9.47 Å². The molecule has 3 heterocycles. The highest BCUT2D eigenvalue weighted by molar-refractivity contribution is 6.31. The van der Waals surface area contributed by atoms with Crippen molar-refractivity contribution in [2.24, 2.45) is 7.05 Å². The maximum Gasteiger partial charge on any atom is 0.255 e. The summed E-state index contributed by atoms with van der Waals surface area (Å²) < 4.78 is 15.5. The number of hydrogen-bond acceptors (Lipinski definition) is 4. The van der Waals surface area contributed by atoms with Crippen LogP contribution in [0.15, 0.2) is 42.7 Å². The molecule has 162 valence electrons. The molecule has 32 heavy (non-hydrogen) atoms. The molecule has 2 aliphatic rings. The summed E-state index contributed by atoms with van der Waals surface area (Å²) in [4.78, 5) is 42.7. The van der Waals surface area contributed by atoms with Gasteiger partial charge in [0.1, 0.15) is 11.9 Å². The van der Waals surface area contributed by atoms with Gasteiger partial charge in [-0.25, -0.2) is 9.37 Å². The Morgan fingerprint density at radius 2 is 1.91 bits per heavy atom. The number of rotatable bonds is 3. The van der Waals surface area contributed by atoms with Crippen molar-refractivity contribution < 1.29 is 18.8 Å². The van der Waals surface area contributed by atoms with Crippen LogP contribution in [0.2, 0.25) is 5.02 Å². The molecule has 0 radical (unpaired) electrons. The number of nitrogens with zero attached hydrogens (tertiary/aromatic N) is 3. The van der Waals surface area contributed by atoms with E-state index >= 15 is 0 Å². The zero-order valence-corrected chi connectivity index (χ0v) is 17.8. The van der Waals surface area contributed by atoms with Gasteiger partial charge >= 0.3 is 0 Å². The second-order valence-corrected chi connectivity index (χ2v) is 8.36. The van der Waals surface area contributed by atoms with Crippen LogP contribution in [-0.4, -0.2) is 38.2 Å². The van der Waals surface area contributed by atoms with Crippen LogP contribution in [0.5, 0.6) is 0 Å². The molecule has 2 aliphatic heterocycles. The molecule has 1 fully saturated rings. The Bertz CT molecular complexity index is 1300. The third-order valence-corrected chi connectivity index (χ3v) is 6.22. The van der Waals surface area contributed by atoms with Crippen LogP contribution >= 0.6 is 11.6 Å². The fraction of sp³-hybridized carbons (Fsp3) is 0.217. The number of halogens is 2. The van der Waals surface area contributed by atoms with Gasteiger partial charge in [0.05, 0.1) is 22.7 Å². The van der Waals surface area contributed by atoms with Crippen LogP contribution < -0.4 is 5.32 Å². The van der Waals surface area contributed by atoms with Crippen LogP contribution in [-0.2, 0) is 23.2 Å². The summed E-state index contributed by atoms with van der Waals surface area (Å²) in [6, 6.07) is 9.27. The lowest BCUT2D eigenvalue weighted by Crippen LogP contribution is -2.52. The number of benzene rings is 2. The van der Waals surface area contributed by atoms with E-state index in [-0.39, 0.29) is 29.8 Å². The molecule has 1 N–H and O–H groups in total. The van der Waals surface area contributed by atoms with Gasteiger partial charge in [-0.3, -0.25) is 19.7 Å². The number of carbonyl (C=O) groups excluding carboxylic acids is 3. The van der Waals surface area contributed by atoms with Gasteiger partial charge in [-0.15, -0.1) is 0 Å². The van der Waals surface area contributed by atoms with Crippen molar-refractivity contribution in [1.29, 1.82) is 0 Å². The summed E-state index contributed by atoms with van der Waals surface area (Å²) >= 11 is 5.98. The summed E-state index contributed by atoms with van der Waals surface area (Å²) in [5.41, 5.74) is 4.25. The molecule has 0 aliphatic carbocycles. The fourth-order valence-electron chi connectivity index (χ4n) is 4.35. The smallest absolute Gasteiger partial charge is 0.255 e. The first kappa shape index (κ1) is 20.4.